The van der Waals surface area contributed by atoms with E-state index in [4.69, 9.17) is 22.1 Å². The Morgan fingerprint density at radius 3 is 2.77 bits per heavy atom. The summed E-state index contributed by atoms with van der Waals surface area (Å²) in [6.07, 6.45) is 0. The molecule has 0 fully saturated rings. The first-order chi connectivity index (χ1) is 6.15. The molecule has 0 radical (unpaired) electrons. The van der Waals surface area contributed by atoms with E-state index in [1.807, 2.05) is 0 Å². The van der Waals surface area contributed by atoms with Crippen molar-refractivity contribution in [3.8, 4) is 5.75 Å². The number of carbonyl (C=O) groups is 1. The van der Waals surface area contributed by atoms with Crippen LogP contribution in [0.3, 0.4) is 0 Å². The lowest BCUT2D eigenvalue weighted by molar-refractivity contribution is 0.0999. The van der Waals surface area contributed by atoms with Crippen molar-refractivity contribution in [3.05, 3.63) is 29.3 Å². The van der Waals surface area contributed by atoms with Gasteiger partial charge in [-0.25, -0.2) is 0 Å². The minimum absolute atomic E-state index is 0.0926. The zero-order valence-electron chi connectivity index (χ0n) is 7.21. The molecule has 70 valence electrons. The summed E-state index contributed by atoms with van der Waals surface area (Å²) in [5.74, 6) is 0.201. The van der Waals surface area contributed by atoms with Crippen molar-refractivity contribution in [2.24, 2.45) is 5.73 Å². The van der Waals surface area contributed by atoms with E-state index in [2.05, 4.69) is 0 Å². The van der Waals surface area contributed by atoms with E-state index >= 15 is 0 Å². The monoisotopic (exact) mass is 199 g/mol. The molecule has 1 rings (SSSR count). The van der Waals surface area contributed by atoms with E-state index in [-0.39, 0.29) is 6.07 Å². The van der Waals surface area contributed by atoms with Crippen molar-refractivity contribution in [3.63, 3.8) is 0 Å². The Bertz CT molecular complexity index is 325. The van der Waals surface area contributed by atoms with Crippen LogP contribution in [0.4, 0.5) is 0 Å². The SMILES string of the molecule is Cc1cc(OCCl)ccc1C(N)=O. The van der Waals surface area contributed by atoms with Gasteiger partial charge in [0.05, 0.1) is 0 Å². The van der Waals surface area contributed by atoms with Crippen molar-refractivity contribution < 1.29 is 9.53 Å². The summed E-state index contributed by atoms with van der Waals surface area (Å²) in [4.78, 5) is 10.8. The van der Waals surface area contributed by atoms with Gasteiger partial charge in [-0.05, 0) is 30.7 Å². The number of benzene rings is 1. The largest absolute Gasteiger partial charge is 0.478 e. The normalized spacial score (nSPS) is 9.69. The first kappa shape index (κ1) is 9.86. The molecule has 13 heavy (non-hydrogen) atoms. The molecule has 3 nitrogen and oxygen atoms in total. The first-order valence-corrected chi connectivity index (χ1v) is 4.28. The molecule has 0 aliphatic heterocycles. The Balaban J connectivity index is 2.98. The van der Waals surface area contributed by atoms with E-state index in [1.54, 1.807) is 25.1 Å². The van der Waals surface area contributed by atoms with E-state index in [0.29, 0.717) is 11.3 Å². The standard InChI is InChI=1S/C9H10ClNO2/c1-6-4-7(13-5-10)2-3-8(6)9(11)12/h2-4H,5H2,1H3,(H2,11,12). The summed E-state index contributed by atoms with van der Waals surface area (Å²) >= 11 is 5.38. The van der Waals surface area contributed by atoms with Gasteiger partial charge in [0.25, 0.3) is 0 Å². The van der Waals surface area contributed by atoms with Crippen molar-refractivity contribution in [2.45, 2.75) is 6.92 Å². The minimum Gasteiger partial charge on any atom is -0.478 e. The zero-order chi connectivity index (χ0) is 9.84. The molecule has 0 atom stereocenters. The van der Waals surface area contributed by atoms with Gasteiger partial charge in [0.2, 0.25) is 5.91 Å². The highest BCUT2D eigenvalue weighted by Crippen LogP contribution is 2.16. The summed E-state index contributed by atoms with van der Waals surface area (Å²) in [7, 11) is 0. The predicted octanol–water partition coefficient (Wildman–Crippen LogP) is 1.67. The molecule has 0 aliphatic carbocycles. The first-order valence-electron chi connectivity index (χ1n) is 3.74. The molecular weight excluding hydrogens is 190 g/mol. The van der Waals surface area contributed by atoms with Crippen LogP contribution in [0, 0.1) is 6.92 Å². The molecule has 2 N–H and O–H groups in total. The van der Waals surface area contributed by atoms with Gasteiger partial charge in [-0.2, -0.15) is 0 Å². The molecule has 0 aromatic heterocycles. The number of primary amides is 1. The molecular formula is C9H10ClNO2. The van der Waals surface area contributed by atoms with Crippen LogP contribution in [0.25, 0.3) is 0 Å². The summed E-state index contributed by atoms with van der Waals surface area (Å²) in [6.45, 7) is 1.79. The third-order valence-corrected chi connectivity index (χ3v) is 1.79. The average molecular weight is 200 g/mol. The van der Waals surface area contributed by atoms with Crippen LogP contribution in [-0.2, 0) is 0 Å². The van der Waals surface area contributed by atoms with E-state index in [0.717, 1.165) is 5.56 Å². The fourth-order valence-electron chi connectivity index (χ4n) is 1.07. The van der Waals surface area contributed by atoms with Crippen LogP contribution in [0.5, 0.6) is 5.75 Å². The number of rotatable bonds is 3. The smallest absolute Gasteiger partial charge is 0.248 e. The Kier molecular flexibility index (Phi) is 3.14. The van der Waals surface area contributed by atoms with Crippen LogP contribution in [0.2, 0.25) is 0 Å². The highest BCUT2D eigenvalue weighted by atomic mass is 35.5. The van der Waals surface area contributed by atoms with Gasteiger partial charge in [-0.15, -0.1) is 0 Å². The van der Waals surface area contributed by atoms with E-state index in [9.17, 15) is 4.79 Å². The fraction of sp³-hybridized carbons (Fsp3) is 0.222. The predicted molar refractivity (Wildman–Crippen MR) is 51.0 cm³/mol. The number of nitrogens with two attached hydrogens (primary N) is 1. The van der Waals surface area contributed by atoms with Gasteiger partial charge in [-0.1, -0.05) is 11.6 Å². The number of alkyl halides is 1. The van der Waals surface area contributed by atoms with Gasteiger partial charge in [0.1, 0.15) is 5.75 Å². The molecule has 0 saturated heterocycles. The number of carbonyl (C=O) groups excluding carboxylic acids is 1. The summed E-state index contributed by atoms with van der Waals surface area (Å²) in [6, 6.07) is 5.10. The third-order valence-electron chi connectivity index (χ3n) is 1.68. The quantitative estimate of drug-likeness (QED) is 0.753. The molecule has 0 spiro atoms. The zero-order valence-corrected chi connectivity index (χ0v) is 7.97. The molecule has 0 bridgehead atoms. The Morgan fingerprint density at radius 2 is 2.31 bits per heavy atom. The fourth-order valence-corrected chi connectivity index (χ4v) is 1.19. The second-order valence-corrected chi connectivity index (χ2v) is 2.81. The van der Waals surface area contributed by atoms with Gasteiger partial charge in [0.15, 0.2) is 6.07 Å². The third kappa shape index (κ3) is 2.36. The summed E-state index contributed by atoms with van der Waals surface area (Å²) < 4.78 is 5.03. The molecule has 1 aromatic rings. The van der Waals surface area contributed by atoms with Crippen LogP contribution in [-0.4, -0.2) is 12.0 Å². The van der Waals surface area contributed by atoms with Crippen LogP contribution in [0.15, 0.2) is 18.2 Å². The number of aryl methyl sites for hydroxylation is 1. The number of hydrogen-bond donors (Lipinski definition) is 1. The Labute approximate surface area is 81.4 Å². The topological polar surface area (TPSA) is 52.3 Å². The van der Waals surface area contributed by atoms with Gasteiger partial charge >= 0.3 is 0 Å². The van der Waals surface area contributed by atoms with Crippen molar-refractivity contribution in [1.29, 1.82) is 0 Å². The number of amides is 1. The number of halogens is 1. The van der Waals surface area contributed by atoms with Gasteiger partial charge in [-0.3, -0.25) is 4.79 Å². The number of hydrogen-bond acceptors (Lipinski definition) is 2. The lowest BCUT2D eigenvalue weighted by Crippen LogP contribution is -2.12. The van der Waals surface area contributed by atoms with Crippen LogP contribution < -0.4 is 10.5 Å². The second-order valence-electron chi connectivity index (χ2n) is 2.59. The lowest BCUT2D eigenvalue weighted by atomic mass is 10.1. The van der Waals surface area contributed by atoms with Gasteiger partial charge < -0.3 is 10.5 Å². The molecule has 0 unspecified atom stereocenters. The van der Waals surface area contributed by atoms with E-state index < -0.39 is 5.91 Å². The second kappa shape index (κ2) is 4.14. The highest BCUT2D eigenvalue weighted by Gasteiger charge is 2.05. The Hall–Kier alpha value is -1.22. The summed E-state index contributed by atoms with van der Waals surface area (Å²) in [5, 5.41) is 0. The van der Waals surface area contributed by atoms with Crippen molar-refractivity contribution in [1.82, 2.24) is 0 Å². The maximum atomic E-state index is 10.8. The molecule has 0 saturated carbocycles. The Morgan fingerprint density at radius 1 is 1.62 bits per heavy atom. The van der Waals surface area contributed by atoms with Crippen LogP contribution >= 0.6 is 11.6 Å². The highest BCUT2D eigenvalue weighted by molar-refractivity contribution is 6.17. The summed E-state index contributed by atoms with van der Waals surface area (Å²) in [5.41, 5.74) is 6.42. The van der Waals surface area contributed by atoms with Crippen molar-refractivity contribution in [2.75, 3.05) is 6.07 Å². The van der Waals surface area contributed by atoms with E-state index in [1.165, 1.54) is 0 Å². The number of ether oxygens (including phenoxy) is 1. The lowest BCUT2D eigenvalue weighted by Gasteiger charge is -2.05. The molecule has 1 aromatic carbocycles. The van der Waals surface area contributed by atoms with Gasteiger partial charge in [0, 0.05) is 5.56 Å². The molecule has 1 amide bonds. The maximum Gasteiger partial charge on any atom is 0.248 e. The van der Waals surface area contributed by atoms with Crippen molar-refractivity contribution >= 4 is 17.5 Å². The minimum atomic E-state index is -0.435. The maximum absolute atomic E-state index is 10.8. The average Bonchev–Trinajstić information content (AvgIpc) is 2.04. The van der Waals surface area contributed by atoms with Crippen LogP contribution in [0.1, 0.15) is 15.9 Å². The molecule has 0 aliphatic rings. The molecule has 0 heterocycles. The molecule has 4 heteroatoms.